The number of amides is 1. The Labute approximate surface area is 146 Å². The molecule has 4 fully saturated rings. The van der Waals surface area contributed by atoms with Gasteiger partial charge in [-0.15, -0.1) is 24.8 Å². The molecule has 0 bridgehead atoms. The van der Waals surface area contributed by atoms with Crippen molar-refractivity contribution in [3.05, 3.63) is 0 Å². The minimum Gasteiger partial charge on any atom is -0.340 e. The van der Waals surface area contributed by atoms with E-state index in [1.807, 2.05) is 0 Å². The molecule has 2 atom stereocenters. The molecule has 128 valence electrons. The summed E-state index contributed by atoms with van der Waals surface area (Å²) >= 11 is 0. The molecule has 6 heteroatoms. The molecule has 0 aromatic carbocycles. The average Bonchev–Trinajstić information content (AvgIpc) is 3.20. The maximum Gasteiger partial charge on any atom is 0.226 e. The molecule has 4 nitrogen and oxygen atoms in total. The van der Waals surface area contributed by atoms with Crippen LogP contribution in [-0.4, -0.2) is 61.0 Å². The van der Waals surface area contributed by atoms with Gasteiger partial charge in [0.05, 0.1) is 0 Å². The van der Waals surface area contributed by atoms with E-state index in [1.165, 1.54) is 45.1 Å². The Kier molecular flexibility index (Phi) is 6.03. The Balaban J connectivity index is 0.000000882. The van der Waals surface area contributed by atoms with E-state index in [0.29, 0.717) is 23.3 Å². The maximum absolute atomic E-state index is 12.8. The molecule has 0 aromatic heterocycles. The fourth-order valence-corrected chi connectivity index (χ4v) is 4.75. The van der Waals surface area contributed by atoms with Gasteiger partial charge in [0.25, 0.3) is 0 Å². The highest BCUT2D eigenvalue weighted by Crippen LogP contribution is 2.59. The van der Waals surface area contributed by atoms with Gasteiger partial charge in [0.2, 0.25) is 5.91 Å². The smallest absolute Gasteiger partial charge is 0.226 e. The highest BCUT2D eigenvalue weighted by atomic mass is 35.5. The third-order valence-electron chi connectivity index (χ3n) is 6.24. The van der Waals surface area contributed by atoms with Crippen LogP contribution in [0.15, 0.2) is 0 Å². The van der Waals surface area contributed by atoms with Gasteiger partial charge in [-0.2, -0.15) is 0 Å². The lowest BCUT2D eigenvalue weighted by Gasteiger charge is -2.44. The molecule has 3 heterocycles. The SMILES string of the molecule is Cl.Cl.O=C(C1CC12CCNCC2)N1CCN2CCCCC2C1. The molecule has 1 amide bonds. The van der Waals surface area contributed by atoms with Crippen LogP contribution in [0.1, 0.15) is 38.5 Å². The van der Waals surface area contributed by atoms with E-state index >= 15 is 0 Å². The predicted octanol–water partition coefficient (Wildman–Crippen LogP) is 1.92. The first-order chi connectivity index (χ1) is 9.78. The molecule has 1 saturated carbocycles. The van der Waals surface area contributed by atoms with Crippen LogP contribution in [0.25, 0.3) is 0 Å². The summed E-state index contributed by atoms with van der Waals surface area (Å²) in [6.07, 6.45) is 7.59. The van der Waals surface area contributed by atoms with Crippen molar-refractivity contribution < 1.29 is 4.79 Å². The van der Waals surface area contributed by atoms with Crippen molar-refractivity contribution in [2.45, 2.75) is 44.6 Å². The van der Waals surface area contributed by atoms with Crippen LogP contribution < -0.4 is 5.32 Å². The standard InChI is InChI=1S/C16H27N3O.2ClH/c20-15(14-11-16(14)4-6-17-7-5-16)19-10-9-18-8-2-1-3-13(18)12-19;;/h13-14,17H,1-12H2;2*1H. The first-order valence-electron chi connectivity index (χ1n) is 8.52. The van der Waals surface area contributed by atoms with Crippen molar-refractivity contribution in [2.75, 3.05) is 39.3 Å². The van der Waals surface area contributed by atoms with Gasteiger partial charge in [-0.1, -0.05) is 6.42 Å². The predicted molar refractivity (Wildman–Crippen MR) is 92.9 cm³/mol. The summed E-state index contributed by atoms with van der Waals surface area (Å²) in [7, 11) is 0. The molecule has 1 aliphatic carbocycles. The largest absolute Gasteiger partial charge is 0.340 e. The highest BCUT2D eigenvalue weighted by molar-refractivity contribution is 5.85. The lowest BCUT2D eigenvalue weighted by atomic mass is 9.91. The van der Waals surface area contributed by atoms with E-state index in [2.05, 4.69) is 15.1 Å². The van der Waals surface area contributed by atoms with E-state index in [-0.39, 0.29) is 24.8 Å². The fourth-order valence-electron chi connectivity index (χ4n) is 4.75. The van der Waals surface area contributed by atoms with Crippen molar-refractivity contribution in [1.29, 1.82) is 0 Å². The second kappa shape index (κ2) is 7.25. The third-order valence-corrected chi connectivity index (χ3v) is 6.24. The van der Waals surface area contributed by atoms with E-state index in [1.54, 1.807) is 0 Å². The number of nitrogens with one attached hydrogen (secondary N) is 1. The fraction of sp³-hybridized carbons (Fsp3) is 0.938. The summed E-state index contributed by atoms with van der Waals surface area (Å²) in [4.78, 5) is 17.6. The lowest BCUT2D eigenvalue weighted by Crippen LogP contribution is -2.56. The number of hydrogen-bond donors (Lipinski definition) is 1. The van der Waals surface area contributed by atoms with E-state index < -0.39 is 0 Å². The molecule has 2 unspecified atom stereocenters. The second-order valence-corrected chi connectivity index (χ2v) is 7.34. The minimum absolute atomic E-state index is 0. The molecular formula is C16H29Cl2N3O. The Morgan fingerprint density at radius 2 is 1.82 bits per heavy atom. The molecular weight excluding hydrogens is 321 g/mol. The minimum atomic E-state index is 0. The van der Waals surface area contributed by atoms with Crippen molar-refractivity contribution in [3.8, 4) is 0 Å². The normalized spacial score (nSPS) is 33.4. The number of nitrogens with zero attached hydrogens (tertiary/aromatic N) is 2. The zero-order valence-corrected chi connectivity index (χ0v) is 14.9. The van der Waals surface area contributed by atoms with Crippen molar-refractivity contribution >= 4 is 30.7 Å². The van der Waals surface area contributed by atoms with Gasteiger partial charge in [-0.3, -0.25) is 9.69 Å². The number of fused-ring (bicyclic) bond motifs is 1. The summed E-state index contributed by atoms with van der Waals surface area (Å²) in [6.45, 7) is 6.56. The van der Waals surface area contributed by atoms with Gasteiger partial charge in [-0.25, -0.2) is 0 Å². The van der Waals surface area contributed by atoms with Crippen LogP contribution in [0.3, 0.4) is 0 Å². The van der Waals surface area contributed by atoms with Crippen molar-refractivity contribution in [2.24, 2.45) is 11.3 Å². The van der Waals surface area contributed by atoms with Crippen LogP contribution in [0.2, 0.25) is 0 Å². The van der Waals surface area contributed by atoms with Gasteiger partial charge < -0.3 is 10.2 Å². The Morgan fingerprint density at radius 1 is 1.05 bits per heavy atom. The molecule has 0 radical (unpaired) electrons. The van der Waals surface area contributed by atoms with Crippen molar-refractivity contribution in [3.63, 3.8) is 0 Å². The Bertz CT molecular complexity index is 401. The maximum atomic E-state index is 12.8. The molecule has 1 spiro atoms. The highest BCUT2D eigenvalue weighted by Gasteiger charge is 2.58. The molecule has 3 saturated heterocycles. The molecule has 0 aromatic rings. The monoisotopic (exact) mass is 349 g/mol. The van der Waals surface area contributed by atoms with Crippen LogP contribution in [0.4, 0.5) is 0 Å². The van der Waals surface area contributed by atoms with Crippen molar-refractivity contribution in [1.82, 2.24) is 15.1 Å². The Morgan fingerprint density at radius 3 is 2.59 bits per heavy atom. The zero-order valence-electron chi connectivity index (χ0n) is 13.3. The van der Waals surface area contributed by atoms with E-state index in [4.69, 9.17) is 0 Å². The van der Waals surface area contributed by atoms with Gasteiger partial charge >= 0.3 is 0 Å². The molecule has 22 heavy (non-hydrogen) atoms. The topological polar surface area (TPSA) is 35.6 Å². The average molecular weight is 350 g/mol. The zero-order chi connectivity index (χ0) is 13.6. The summed E-state index contributed by atoms with van der Waals surface area (Å²) in [6, 6.07) is 0.657. The second-order valence-electron chi connectivity index (χ2n) is 7.34. The Hall–Kier alpha value is -0.0300. The van der Waals surface area contributed by atoms with Crippen LogP contribution in [0, 0.1) is 11.3 Å². The van der Waals surface area contributed by atoms with Gasteiger partial charge in [0.1, 0.15) is 0 Å². The van der Waals surface area contributed by atoms with Crippen LogP contribution in [-0.2, 0) is 4.79 Å². The quantitative estimate of drug-likeness (QED) is 0.785. The lowest BCUT2D eigenvalue weighted by molar-refractivity contribution is -0.137. The van der Waals surface area contributed by atoms with Gasteiger partial charge in [0, 0.05) is 31.6 Å². The van der Waals surface area contributed by atoms with Gasteiger partial charge in [-0.05, 0) is 57.2 Å². The molecule has 1 N–H and O–H groups in total. The summed E-state index contributed by atoms with van der Waals surface area (Å²) in [5.41, 5.74) is 0.395. The number of carbonyl (C=O) groups is 1. The first kappa shape index (κ1) is 18.3. The van der Waals surface area contributed by atoms with Gasteiger partial charge in [0.15, 0.2) is 0 Å². The number of hydrogen-bond acceptors (Lipinski definition) is 3. The molecule has 3 aliphatic heterocycles. The van der Waals surface area contributed by atoms with E-state index in [9.17, 15) is 4.79 Å². The number of piperazine rings is 1. The summed E-state index contributed by atoms with van der Waals surface area (Å²) < 4.78 is 0. The number of carbonyl (C=O) groups excluding carboxylic acids is 1. The number of halogens is 2. The van der Waals surface area contributed by atoms with E-state index in [0.717, 1.165) is 32.7 Å². The summed E-state index contributed by atoms with van der Waals surface area (Å²) in [5.74, 6) is 0.844. The van der Waals surface area contributed by atoms with Crippen LogP contribution in [0.5, 0.6) is 0 Å². The number of rotatable bonds is 1. The molecule has 4 aliphatic rings. The number of piperidine rings is 2. The van der Waals surface area contributed by atoms with Crippen LogP contribution >= 0.6 is 24.8 Å². The first-order valence-corrected chi connectivity index (χ1v) is 8.52. The summed E-state index contributed by atoms with van der Waals surface area (Å²) in [5, 5.41) is 3.43. The molecule has 4 rings (SSSR count). The third kappa shape index (κ3) is 3.26.